The fourth-order valence-electron chi connectivity index (χ4n) is 1.87. The van der Waals surface area contributed by atoms with Crippen molar-refractivity contribution in [1.82, 2.24) is 4.72 Å². The summed E-state index contributed by atoms with van der Waals surface area (Å²) in [7, 11) is -4.18. The summed E-state index contributed by atoms with van der Waals surface area (Å²) < 4.78 is 44.8. The molecule has 1 saturated heterocycles. The summed E-state index contributed by atoms with van der Waals surface area (Å²) in [6, 6.07) is 2.19. The largest absolute Gasteiger partial charge is 0.481 e. The maximum atomic E-state index is 13.6. The third-order valence-corrected chi connectivity index (χ3v) is 4.65. The SMILES string of the molecule is O=C(O)[C@@H]1COC[C@@H]1NS(=O)(=O)c1ccc(Cl)cc1F. The number of nitrogens with one attached hydrogen (secondary N) is 1. The van der Waals surface area contributed by atoms with Crippen molar-refractivity contribution in [3.8, 4) is 0 Å². The van der Waals surface area contributed by atoms with E-state index in [0.29, 0.717) is 0 Å². The number of aliphatic carboxylic acids is 1. The summed E-state index contributed by atoms with van der Waals surface area (Å²) in [5, 5.41) is 9.00. The zero-order valence-corrected chi connectivity index (χ0v) is 11.6. The van der Waals surface area contributed by atoms with E-state index in [-0.39, 0.29) is 18.2 Å². The molecule has 0 amide bonds. The van der Waals surface area contributed by atoms with Gasteiger partial charge in [0.2, 0.25) is 10.0 Å². The highest BCUT2D eigenvalue weighted by atomic mass is 35.5. The van der Waals surface area contributed by atoms with Gasteiger partial charge in [0.15, 0.2) is 0 Å². The van der Waals surface area contributed by atoms with Gasteiger partial charge in [0.1, 0.15) is 10.7 Å². The molecule has 0 aliphatic carbocycles. The fraction of sp³-hybridized carbons (Fsp3) is 0.364. The molecule has 1 aromatic rings. The molecule has 6 nitrogen and oxygen atoms in total. The molecule has 1 fully saturated rings. The smallest absolute Gasteiger partial charge is 0.310 e. The first kappa shape index (κ1) is 15.2. The number of carboxylic acids is 1. The first-order valence-corrected chi connectivity index (χ1v) is 7.45. The van der Waals surface area contributed by atoms with E-state index in [2.05, 4.69) is 4.72 Å². The number of hydrogen-bond donors (Lipinski definition) is 2. The minimum absolute atomic E-state index is 0.0639. The molecule has 0 unspecified atom stereocenters. The van der Waals surface area contributed by atoms with Gasteiger partial charge >= 0.3 is 5.97 Å². The normalized spacial score (nSPS) is 22.9. The molecule has 0 spiro atoms. The van der Waals surface area contributed by atoms with Gasteiger partial charge < -0.3 is 9.84 Å². The molecule has 110 valence electrons. The number of rotatable bonds is 4. The van der Waals surface area contributed by atoms with Gasteiger partial charge in [0.25, 0.3) is 0 Å². The van der Waals surface area contributed by atoms with Crippen LogP contribution in [0.5, 0.6) is 0 Å². The summed E-state index contributed by atoms with van der Waals surface area (Å²) in [5.41, 5.74) is 0. The van der Waals surface area contributed by atoms with E-state index in [4.69, 9.17) is 21.4 Å². The van der Waals surface area contributed by atoms with E-state index in [1.54, 1.807) is 0 Å². The van der Waals surface area contributed by atoms with Crippen LogP contribution in [0.3, 0.4) is 0 Å². The van der Waals surface area contributed by atoms with Gasteiger partial charge in [-0.25, -0.2) is 17.5 Å². The molecule has 1 aliphatic rings. The molecule has 2 N–H and O–H groups in total. The van der Waals surface area contributed by atoms with Crippen molar-refractivity contribution in [2.24, 2.45) is 5.92 Å². The predicted molar refractivity (Wildman–Crippen MR) is 67.5 cm³/mol. The zero-order chi connectivity index (χ0) is 14.9. The van der Waals surface area contributed by atoms with Crippen LogP contribution in [0.15, 0.2) is 23.1 Å². The Labute approximate surface area is 119 Å². The lowest BCUT2D eigenvalue weighted by Crippen LogP contribution is -2.42. The maximum absolute atomic E-state index is 13.6. The van der Waals surface area contributed by atoms with Crippen LogP contribution in [-0.2, 0) is 19.6 Å². The number of ether oxygens (including phenoxy) is 1. The summed E-state index contributed by atoms with van der Waals surface area (Å²) in [5.74, 6) is -3.18. The Balaban J connectivity index is 2.25. The Morgan fingerprint density at radius 3 is 2.75 bits per heavy atom. The second-order valence-electron chi connectivity index (χ2n) is 4.28. The standard InChI is InChI=1S/C11H11ClFNO5S/c12-6-1-2-10(8(13)3-6)20(17,18)14-9-5-19-4-7(9)11(15)16/h1-3,7,9,14H,4-5H2,(H,15,16)/t7-,9+/m1/s1. The van der Waals surface area contributed by atoms with Gasteiger partial charge in [0.05, 0.1) is 25.2 Å². The van der Waals surface area contributed by atoms with Crippen LogP contribution in [0, 0.1) is 11.7 Å². The Kier molecular flexibility index (Phi) is 4.28. The number of benzene rings is 1. The minimum Gasteiger partial charge on any atom is -0.481 e. The molecule has 20 heavy (non-hydrogen) atoms. The maximum Gasteiger partial charge on any atom is 0.310 e. The molecule has 2 atom stereocenters. The van der Waals surface area contributed by atoms with E-state index in [1.165, 1.54) is 6.07 Å². The highest BCUT2D eigenvalue weighted by Crippen LogP contribution is 2.21. The van der Waals surface area contributed by atoms with Crippen LogP contribution in [-0.4, -0.2) is 38.7 Å². The Bertz CT molecular complexity index is 636. The fourth-order valence-corrected chi connectivity index (χ4v) is 3.35. The second kappa shape index (κ2) is 5.65. The molecule has 1 aromatic carbocycles. The van der Waals surface area contributed by atoms with E-state index in [9.17, 15) is 17.6 Å². The Hall–Kier alpha value is -1.22. The van der Waals surface area contributed by atoms with Gasteiger partial charge in [0, 0.05) is 5.02 Å². The average molecular weight is 324 g/mol. The lowest BCUT2D eigenvalue weighted by molar-refractivity contribution is -0.142. The third kappa shape index (κ3) is 3.09. The topological polar surface area (TPSA) is 92.7 Å². The highest BCUT2D eigenvalue weighted by Gasteiger charge is 2.37. The summed E-state index contributed by atoms with van der Waals surface area (Å²) in [4.78, 5) is 10.4. The summed E-state index contributed by atoms with van der Waals surface area (Å²) in [6.07, 6.45) is 0. The zero-order valence-electron chi connectivity index (χ0n) is 10.0. The number of carbonyl (C=O) groups is 1. The van der Waals surface area contributed by atoms with Crippen molar-refractivity contribution in [2.75, 3.05) is 13.2 Å². The first-order valence-electron chi connectivity index (χ1n) is 5.59. The van der Waals surface area contributed by atoms with Crippen molar-refractivity contribution >= 4 is 27.6 Å². The predicted octanol–water partition coefficient (Wildman–Crippen LogP) is 0.857. The Morgan fingerprint density at radius 1 is 1.45 bits per heavy atom. The van der Waals surface area contributed by atoms with E-state index in [0.717, 1.165) is 12.1 Å². The van der Waals surface area contributed by atoms with Crippen LogP contribution in [0.25, 0.3) is 0 Å². The molecule has 1 heterocycles. The molecule has 9 heteroatoms. The van der Waals surface area contributed by atoms with Gasteiger partial charge in [-0.3, -0.25) is 4.79 Å². The second-order valence-corrected chi connectivity index (χ2v) is 6.40. The van der Waals surface area contributed by atoms with Crippen molar-refractivity contribution in [3.63, 3.8) is 0 Å². The van der Waals surface area contributed by atoms with E-state index >= 15 is 0 Å². The number of hydrogen-bond acceptors (Lipinski definition) is 4. The number of sulfonamides is 1. The van der Waals surface area contributed by atoms with Gasteiger partial charge in [-0.1, -0.05) is 11.6 Å². The third-order valence-electron chi connectivity index (χ3n) is 2.89. The van der Waals surface area contributed by atoms with E-state index < -0.39 is 38.7 Å². The highest BCUT2D eigenvalue weighted by molar-refractivity contribution is 7.89. The molecular formula is C11H11ClFNO5S. The van der Waals surface area contributed by atoms with Crippen molar-refractivity contribution in [1.29, 1.82) is 0 Å². The van der Waals surface area contributed by atoms with Gasteiger partial charge in [-0.05, 0) is 18.2 Å². The van der Waals surface area contributed by atoms with Gasteiger partial charge in [-0.15, -0.1) is 0 Å². The van der Waals surface area contributed by atoms with Crippen LogP contribution in [0.4, 0.5) is 4.39 Å². The Morgan fingerprint density at radius 2 is 2.15 bits per heavy atom. The molecule has 0 radical (unpaired) electrons. The lowest BCUT2D eigenvalue weighted by Gasteiger charge is -2.16. The van der Waals surface area contributed by atoms with Crippen LogP contribution < -0.4 is 4.72 Å². The molecule has 1 aliphatic heterocycles. The average Bonchev–Trinajstić information content (AvgIpc) is 2.75. The van der Waals surface area contributed by atoms with Crippen molar-refractivity contribution in [2.45, 2.75) is 10.9 Å². The molecule has 0 saturated carbocycles. The van der Waals surface area contributed by atoms with Crippen LogP contribution in [0.1, 0.15) is 0 Å². The number of carboxylic acid groups (broad SMARTS) is 1. The van der Waals surface area contributed by atoms with Gasteiger partial charge in [-0.2, -0.15) is 0 Å². The molecule has 2 rings (SSSR count). The molecular weight excluding hydrogens is 313 g/mol. The van der Waals surface area contributed by atoms with Crippen molar-refractivity contribution < 1.29 is 27.4 Å². The molecule has 0 aromatic heterocycles. The van der Waals surface area contributed by atoms with Crippen LogP contribution in [0.2, 0.25) is 5.02 Å². The minimum atomic E-state index is -4.18. The van der Waals surface area contributed by atoms with E-state index in [1.807, 2.05) is 0 Å². The molecule has 0 bridgehead atoms. The lowest BCUT2D eigenvalue weighted by atomic mass is 10.1. The van der Waals surface area contributed by atoms with Crippen LogP contribution >= 0.6 is 11.6 Å². The van der Waals surface area contributed by atoms with Crippen molar-refractivity contribution in [3.05, 3.63) is 29.0 Å². The number of halogens is 2. The summed E-state index contributed by atoms with van der Waals surface area (Å²) >= 11 is 5.55. The quantitative estimate of drug-likeness (QED) is 0.857. The first-order chi connectivity index (χ1) is 9.31. The summed E-state index contributed by atoms with van der Waals surface area (Å²) in [6.45, 7) is -0.170. The monoisotopic (exact) mass is 323 g/mol.